The number of ether oxygens (including phenoxy) is 3. The lowest BCUT2D eigenvalue weighted by Gasteiger charge is -2.22. The minimum atomic E-state index is -0.532. The fourth-order valence-corrected chi connectivity index (χ4v) is 5.05. The summed E-state index contributed by atoms with van der Waals surface area (Å²) in [7, 11) is 1.50. The van der Waals surface area contributed by atoms with Crippen LogP contribution in [0.15, 0.2) is 55.2 Å². The number of nitrogens with zero attached hydrogens (tertiary/aromatic N) is 3. The van der Waals surface area contributed by atoms with E-state index in [-0.39, 0.29) is 11.6 Å². The van der Waals surface area contributed by atoms with Crippen molar-refractivity contribution in [2.24, 2.45) is 5.92 Å². The number of aromatic nitrogens is 3. The van der Waals surface area contributed by atoms with Crippen molar-refractivity contribution in [2.45, 2.75) is 38.6 Å². The number of imidazole rings is 1. The van der Waals surface area contributed by atoms with Gasteiger partial charge in [0.15, 0.2) is 17.2 Å². The van der Waals surface area contributed by atoms with E-state index in [0.717, 1.165) is 66.4 Å². The molecule has 2 fully saturated rings. The number of hydrogen-bond donors (Lipinski definition) is 2. The molecule has 2 aromatic heterocycles. The third kappa shape index (κ3) is 5.60. The SMILES string of the molecule is C=C(NC1CC1)c1ccc(-c2cnc3c(NCC4CCOCC4)cc(Oc4ccc(OC)cc4F)nn23)cc1C. The summed E-state index contributed by atoms with van der Waals surface area (Å²) in [6.07, 6.45) is 6.20. The first-order valence-electron chi connectivity index (χ1n) is 13.8. The van der Waals surface area contributed by atoms with Crippen molar-refractivity contribution < 1.29 is 18.6 Å². The highest BCUT2D eigenvalue weighted by Gasteiger charge is 2.22. The van der Waals surface area contributed by atoms with Crippen molar-refractivity contribution in [3.8, 4) is 28.6 Å². The van der Waals surface area contributed by atoms with E-state index in [9.17, 15) is 4.39 Å². The highest BCUT2D eigenvalue weighted by molar-refractivity contribution is 5.75. The van der Waals surface area contributed by atoms with Crippen molar-refractivity contribution in [2.75, 3.05) is 32.2 Å². The van der Waals surface area contributed by atoms with Gasteiger partial charge in [-0.05, 0) is 67.9 Å². The molecule has 0 unspecified atom stereocenters. The van der Waals surface area contributed by atoms with Gasteiger partial charge < -0.3 is 24.8 Å². The van der Waals surface area contributed by atoms with Gasteiger partial charge in [0.1, 0.15) is 5.75 Å². The van der Waals surface area contributed by atoms with Gasteiger partial charge in [0.2, 0.25) is 5.88 Å². The second kappa shape index (κ2) is 11.2. The summed E-state index contributed by atoms with van der Waals surface area (Å²) in [5, 5.41) is 11.8. The Hall–Kier alpha value is -4.11. The molecule has 0 bridgehead atoms. The standard InChI is InChI=1S/C31H34FN5O3/c1-19-14-22(4-8-25(19)20(2)35-23-5-6-23)28-18-34-31-27(33-17-21-10-12-39-13-11-21)16-30(36-37(28)31)40-29-9-7-24(38-3)15-26(29)32/h4,7-9,14-16,18,21,23,33,35H,2,5-6,10-13,17H2,1,3H3. The molecule has 1 saturated heterocycles. The Kier molecular flexibility index (Phi) is 7.30. The summed E-state index contributed by atoms with van der Waals surface area (Å²) in [5.74, 6) is 0.687. The molecule has 8 nitrogen and oxygen atoms in total. The molecule has 1 aliphatic heterocycles. The minimum absolute atomic E-state index is 0.0616. The number of nitrogens with one attached hydrogen (secondary N) is 2. The van der Waals surface area contributed by atoms with E-state index in [0.29, 0.717) is 23.4 Å². The Labute approximate surface area is 233 Å². The van der Waals surface area contributed by atoms with Crippen LogP contribution in [0.2, 0.25) is 0 Å². The molecule has 0 radical (unpaired) electrons. The van der Waals surface area contributed by atoms with Crippen molar-refractivity contribution in [3.63, 3.8) is 0 Å². The second-order valence-electron chi connectivity index (χ2n) is 10.5. The predicted octanol–water partition coefficient (Wildman–Crippen LogP) is 6.21. The monoisotopic (exact) mass is 543 g/mol. The molecule has 2 aliphatic rings. The van der Waals surface area contributed by atoms with E-state index in [1.807, 2.05) is 6.20 Å². The van der Waals surface area contributed by atoms with E-state index in [1.54, 1.807) is 16.6 Å². The maximum Gasteiger partial charge on any atom is 0.239 e. The average Bonchev–Trinajstić information content (AvgIpc) is 3.68. The zero-order valence-corrected chi connectivity index (χ0v) is 22.9. The van der Waals surface area contributed by atoms with E-state index in [2.05, 4.69) is 42.3 Å². The van der Waals surface area contributed by atoms with Crippen LogP contribution in [0, 0.1) is 18.7 Å². The van der Waals surface area contributed by atoms with E-state index in [4.69, 9.17) is 24.3 Å². The van der Waals surface area contributed by atoms with Crippen LogP contribution in [0.5, 0.6) is 17.4 Å². The Morgan fingerprint density at radius 1 is 1.12 bits per heavy atom. The van der Waals surface area contributed by atoms with Crippen LogP contribution in [0.4, 0.5) is 10.1 Å². The summed E-state index contributed by atoms with van der Waals surface area (Å²) in [6, 6.07) is 13.0. The third-order valence-electron chi connectivity index (χ3n) is 7.52. The minimum Gasteiger partial charge on any atom is -0.497 e. The predicted molar refractivity (Wildman–Crippen MR) is 153 cm³/mol. The molecule has 40 heavy (non-hydrogen) atoms. The number of anilines is 1. The summed E-state index contributed by atoms with van der Waals surface area (Å²) in [5.41, 5.74) is 6.35. The van der Waals surface area contributed by atoms with Crippen LogP contribution in [0.1, 0.15) is 36.8 Å². The zero-order chi connectivity index (χ0) is 27.6. The third-order valence-corrected chi connectivity index (χ3v) is 7.52. The van der Waals surface area contributed by atoms with E-state index < -0.39 is 5.82 Å². The summed E-state index contributed by atoms with van der Waals surface area (Å²) in [4.78, 5) is 4.72. The lowest BCUT2D eigenvalue weighted by molar-refractivity contribution is 0.0699. The maximum absolute atomic E-state index is 14.8. The number of hydrogen-bond acceptors (Lipinski definition) is 7. The number of rotatable bonds is 10. The molecule has 2 aromatic carbocycles. The quantitative estimate of drug-likeness (QED) is 0.246. The molecular weight excluding hydrogens is 509 g/mol. The van der Waals surface area contributed by atoms with Gasteiger partial charge in [0, 0.05) is 49.2 Å². The first-order chi connectivity index (χ1) is 19.5. The lowest BCUT2D eigenvalue weighted by Crippen LogP contribution is -2.23. The van der Waals surface area contributed by atoms with Gasteiger partial charge in [-0.1, -0.05) is 18.7 Å². The van der Waals surface area contributed by atoms with Crippen LogP contribution >= 0.6 is 0 Å². The van der Waals surface area contributed by atoms with Crippen LogP contribution in [-0.4, -0.2) is 47.5 Å². The molecule has 9 heteroatoms. The summed E-state index contributed by atoms with van der Waals surface area (Å²) < 4.78 is 33.1. The first kappa shape index (κ1) is 26.1. The van der Waals surface area contributed by atoms with Gasteiger partial charge >= 0.3 is 0 Å². The van der Waals surface area contributed by atoms with E-state index in [1.165, 1.54) is 32.1 Å². The molecule has 0 spiro atoms. The fraction of sp³-hybridized carbons (Fsp3) is 0.355. The molecule has 4 aromatic rings. The average molecular weight is 544 g/mol. The lowest BCUT2D eigenvalue weighted by atomic mass is 10.0. The van der Waals surface area contributed by atoms with Crippen LogP contribution in [0.3, 0.4) is 0 Å². The second-order valence-corrected chi connectivity index (χ2v) is 10.5. The number of halogens is 1. The van der Waals surface area contributed by atoms with Gasteiger partial charge in [-0.2, -0.15) is 0 Å². The van der Waals surface area contributed by atoms with Crippen LogP contribution in [-0.2, 0) is 4.74 Å². The molecule has 6 rings (SSSR count). The number of benzene rings is 2. The van der Waals surface area contributed by atoms with Gasteiger partial charge in [0.25, 0.3) is 0 Å². The van der Waals surface area contributed by atoms with Crippen molar-refractivity contribution in [1.82, 2.24) is 19.9 Å². The van der Waals surface area contributed by atoms with Crippen LogP contribution in [0.25, 0.3) is 22.6 Å². The zero-order valence-electron chi connectivity index (χ0n) is 22.9. The number of aryl methyl sites for hydroxylation is 1. The molecule has 0 amide bonds. The molecule has 0 atom stereocenters. The van der Waals surface area contributed by atoms with E-state index >= 15 is 0 Å². The Balaban J connectivity index is 1.35. The fourth-order valence-electron chi connectivity index (χ4n) is 5.05. The van der Waals surface area contributed by atoms with Crippen LogP contribution < -0.4 is 20.1 Å². The molecular formula is C31H34FN5O3. The molecule has 1 aliphatic carbocycles. The first-order valence-corrected chi connectivity index (χ1v) is 13.8. The smallest absolute Gasteiger partial charge is 0.239 e. The van der Waals surface area contributed by atoms with Crippen molar-refractivity contribution in [3.05, 3.63) is 72.2 Å². The normalized spacial score (nSPS) is 15.7. The summed E-state index contributed by atoms with van der Waals surface area (Å²) in [6.45, 7) is 8.63. The number of methoxy groups -OCH3 is 1. The summed E-state index contributed by atoms with van der Waals surface area (Å²) >= 11 is 0. The Bertz CT molecular complexity index is 1540. The van der Waals surface area contributed by atoms with Crippen molar-refractivity contribution >= 4 is 17.0 Å². The largest absolute Gasteiger partial charge is 0.497 e. The van der Waals surface area contributed by atoms with Gasteiger partial charge in [-0.15, -0.1) is 5.10 Å². The Morgan fingerprint density at radius 2 is 1.95 bits per heavy atom. The molecule has 208 valence electrons. The molecule has 2 N–H and O–H groups in total. The number of fused-ring (bicyclic) bond motifs is 1. The molecule has 1 saturated carbocycles. The topological polar surface area (TPSA) is 81.9 Å². The maximum atomic E-state index is 14.8. The highest BCUT2D eigenvalue weighted by Crippen LogP contribution is 2.33. The van der Waals surface area contributed by atoms with Gasteiger partial charge in [-0.25, -0.2) is 13.9 Å². The molecule has 3 heterocycles. The van der Waals surface area contributed by atoms with Crippen molar-refractivity contribution in [1.29, 1.82) is 0 Å². The van der Waals surface area contributed by atoms with Gasteiger partial charge in [-0.3, -0.25) is 0 Å². The highest BCUT2D eigenvalue weighted by atomic mass is 19.1. The van der Waals surface area contributed by atoms with Gasteiger partial charge in [0.05, 0.1) is 24.7 Å². The Morgan fingerprint density at radius 3 is 2.67 bits per heavy atom.